The fourth-order valence-corrected chi connectivity index (χ4v) is 5.54. The number of amides is 1. The molecular formula is C20H23N5O4S. The average molecular weight is 430 g/mol. The van der Waals surface area contributed by atoms with Crippen molar-refractivity contribution >= 4 is 32.5 Å². The van der Waals surface area contributed by atoms with Crippen LogP contribution in [0.5, 0.6) is 0 Å². The molecule has 0 saturated carbocycles. The first kappa shape index (κ1) is 20.3. The Morgan fingerprint density at radius 1 is 1.30 bits per heavy atom. The number of aromatic nitrogens is 3. The molecule has 1 atom stereocenters. The molecule has 1 aliphatic heterocycles. The minimum atomic E-state index is -3.80. The number of H-pyrrole nitrogens is 1. The van der Waals surface area contributed by atoms with Crippen LogP contribution in [0.4, 0.5) is 5.69 Å². The summed E-state index contributed by atoms with van der Waals surface area (Å²) in [5, 5.41) is 10.2. The zero-order chi connectivity index (χ0) is 21.5. The number of carbonyl (C=O) groups is 1. The number of aromatic amines is 1. The maximum absolute atomic E-state index is 13.4. The smallest absolute Gasteiger partial charge is 0.252 e. The predicted octanol–water partition coefficient (Wildman–Crippen LogP) is 1.61. The van der Waals surface area contributed by atoms with Gasteiger partial charge < -0.3 is 9.88 Å². The molecule has 2 aromatic heterocycles. The minimum Gasteiger partial charge on any atom is -0.326 e. The Labute approximate surface area is 173 Å². The van der Waals surface area contributed by atoms with E-state index in [1.807, 2.05) is 13.0 Å². The standard InChI is InChI=1S/C20H23N5O4S/c1-13-8-15-11-21-23-19(15)17(9-13)30(28,29)25-6-3-4-14(12-25)20(27)22-16-5-7-24(2)18(26)10-16/h5,7-11,14H,3-4,6,12H2,1-2H3,(H,21,23)(H,22,27). The van der Waals surface area contributed by atoms with Gasteiger partial charge in [0.25, 0.3) is 5.56 Å². The van der Waals surface area contributed by atoms with Crippen molar-refractivity contribution in [3.05, 3.63) is 52.6 Å². The van der Waals surface area contributed by atoms with Crippen molar-refractivity contribution in [3.63, 3.8) is 0 Å². The molecule has 1 aromatic carbocycles. The highest BCUT2D eigenvalue weighted by Crippen LogP contribution is 2.29. The van der Waals surface area contributed by atoms with E-state index in [4.69, 9.17) is 0 Å². The number of aryl methyl sites for hydroxylation is 2. The summed E-state index contributed by atoms with van der Waals surface area (Å²) in [6.07, 6.45) is 4.32. The quantitative estimate of drug-likeness (QED) is 0.653. The summed E-state index contributed by atoms with van der Waals surface area (Å²) in [5.41, 5.74) is 1.45. The molecule has 9 nitrogen and oxygen atoms in total. The zero-order valence-corrected chi connectivity index (χ0v) is 17.6. The number of nitrogens with zero attached hydrogens (tertiary/aromatic N) is 3. The Bertz CT molecular complexity index is 1280. The lowest BCUT2D eigenvalue weighted by Crippen LogP contribution is -2.43. The number of piperidine rings is 1. The molecule has 10 heteroatoms. The van der Waals surface area contributed by atoms with Crippen LogP contribution in [0.15, 0.2) is 46.3 Å². The van der Waals surface area contributed by atoms with E-state index >= 15 is 0 Å². The Morgan fingerprint density at radius 2 is 2.10 bits per heavy atom. The van der Waals surface area contributed by atoms with Gasteiger partial charge in [0.05, 0.1) is 17.6 Å². The summed E-state index contributed by atoms with van der Waals surface area (Å²) < 4.78 is 29.5. The zero-order valence-electron chi connectivity index (χ0n) is 16.8. The lowest BCUT2D eigenvalue weighted by atomic mass is 9.99. The van der Waals surface area contributed by atoms with Gasteiger partial charge in [0, 0.05) is 43.5 Å². The van der Waals surface area contributed by atoms with E-state index < -0.39 is 15.9 Å². The Kier molecular flexibility index (Phi) is 5.20. The van der Waals surface area contributed by atoms with Crippen molar-refractivity contribution in [1.29, 1.82) is 0 Å². The topological polar surface area (TPSA) is 117 Å². The normalized spacial score (nSPS) is 17.9. The first-order valence-electron chi connectivity index (χ1n) is 9.67. The van der Waals surface area contributed by atoms with Crippen molar-refractivity contribution in [2.75, 3.05) is 18.4 Å². The molecule has 4 rings (SSSR count). The number of anilines is 1. The number of carbonyl (C=O) groups excluding carboxylic acids is 1. The SMILES string of the molecule is Cc1cc(S(=O)(=O)N2CCCC(C(=O)Nc3ccn(C)c(=O)c3)C2)c2[nH]ncc2c1. The Balaban J connectivity index is 1.57. The van der Waals surface area contributed by atoms with Gasteiger partial charge >= 0.3 is 0 Å². The third kappa shape index (κ3) is 3.75. The molecule has 2 N–H and O–H groups in total. The molecule has 158 valence electrons. The summed E-state index contributed by atoms with van der Waals surface area (Å²) in [6.45, 7) is 2.27. The second-order valence-corrected chi connectivity index (χ2v) is 9.56. The largest absolute Gasteiger partial charge is 0.326 e. The number of benzene rings is 1. The van der Waals surface area contributed by atoms with Crippen LogP contribution < -0.4 is 10.9 Å². The van der Waals surface area contributed by atoms with Crippen molar-refractivity contribution in [2.45, 2.75) is 24.7 Å². The highest BCUT2D eigenvalue weighted by atomic mass is 32.2. The second kappa shape index (κ2) is 7.69. The van der Waals surface area contributed by atoms with Gasteiger partial charge in [-0.2, -0.15) is 9.40 Å². The van der Waals surface area contributed by atoms with E-state index in [0.717, 1.165) is 10.9 Å². The number of sulfonamides is 1. The molecule has 1 saturated heterocycles. The maximum atomic E-state index is 13.4. The molecule has 3 heterocycles. The van der Waals surface area contributed by atoms with Crippen LogP contribution in [0.3, 0.4) is 0 Å². The van der Waals surface area contributed by atoms with Crippen molar-refractivity contribution < 1.29 is 13.2 Å². The average Bonchev–Trinajstić information content (AvgIpc) is 3.18. The number of nitrogens with one attached hydrogen (secondary N) is 2. The number of hydrogen-bond donors (Lipinski definition) is 2. The van der Waals surface area contributed by atoms with Gasteiger partial charge in [-0.15, -0.1) is 0 Å². The first-order chi connectivity index (χ1) is 14.3. The summed E-state index contributed by atoms with van der Waals surface area (Å²) >= 11 is 0. The molecule has 3 aromatic rings. The maximum Gasteiger partial charge on any atom is 0.252 e. The van der Waals surface area contributed by atoms with Crippen molar-refractivity contribution in [1.82, 2.24) is 19.1 Å². The van der Waals surface area contributed by atoms with Gasteiger partial charge in [0.2, 0.25) is 15.9 Å². The summed E-state index contributed by atoms with van der Waals surface area (Å²) in [5.74, 6) is -0.793. The molecule has 1 aliphatic rings. The van der Waals surface area contributed by atoms with Crippen LogP contribution in [-0.2, 0) is 21.9 Å². The van der Waals surface area contributed by atoms with Crippen LogP contribution in [0.25, 0.3) is 10.9 Å². The van der Waals surface area contributed by atoms with Crippen LogP contribution in [-0.4, -0.2) is 46.5 Å². The molecule has 0 spiro atoms. The number of fused-ring (bicyclic) bond motifs is 1. The molecule has 0 radical (unpaired) electrons. The third-order valence-electron chi connectivity index (χ3n) is 5.40. The van der Waals surface area contributed by atoms with E-state index in [1.54, 1.807) is 31.6 Å². The molecule has 1 amide bonds. The fourth-order valence-electron chi connectivity index (χ4n) is 3.76. The summed E-state index contributed by atoms with van der Waals surface area (Å²) in [4.78, 5) is 24.7. The van der Waals surface area contributed by atoms with Crippen molar-refractivity contribution in [3.8, 4) is 0 Å². The molecule has 1 fully saturated rings. The molecule has 0 aliphatic carbocycles. The lowest BCUT2D eigenvalue weighted by molar-refractivity contribution is -0.120. The number of hydrogen-bond acceptors (Lipinski definition) is 5. The lowest BCUT2D eigenvalue weighted by Gasteiger charge is -2.31. The summed E-state index contributed by atoms with van der Waals surface area (Å²) in [6, 6.07) is 6.48. The van der Waals surface area contributed by atoms with Crippen LogP contribution in [0, 0.1) is 12.8 Å². The summed E-state index contributed by atoms with van der Waals surface area (Å²) in [7, 11) is -2.18. The third-order valence-corrected chi connectivity index (χ3v) is 7.29. The van der Waals surface area contributed by atoms with Gasteiger partial charge in [-0.3, -0.25) is 14.7 Å². The van der Waals surface area contributed by atoms with E-state index in [-0.39, 0.29) is 22.9 Å². The Hall–Kier alpha value is -2.98. The van der Waals surface area contributed by atoms with Gasteiger partial charge in [-0.1, -0.05) is 0 Å². The molecular weight excluding hydrogens is 406 g/mol. The predicted molar refractivity (Wildman–Crippen MR) is 113 cm³/mol. The Morgan fingerprint density at radius 3 is 2.87 bits per heavy atom. The monoisotopic (exact) mass is 429 g/mol. The van der Waals surface area contributed by atoms with Gasteiger partial charge in [-0.05, 0) is 43.5 Å². The van der Waals surface area contributed by atoms with Crippen LogP contribution >= 0.6 is 0 Å². The van der Waals surface area contributed by atoms with Crippen LogP contribution in [0.2, 0.25) is 0 Å². The second-order valence-electron chi connectivity index (χ2n) is 7.65. The molecule has 0 bridgehead atoms. The number of rotatable bonds is 4. The van der Waals surface area contributed by atoms with Gasteiger partial charge in [0.1, 0.15) is 4.90 Å². The van der Waals surface area contributed by atoms with Crippen LogP contribution in [0.1, 0.15) is 18.4 Å². The molecule has 30 heavy (non-hydrogen) atoms. The van der Waals surface area contributed by atoms with E-state index in [9.17, 15) is 18.0 Å². The number of pyridine rings is 1. The highest BCUT2D eigenvalue weighted by molar-refractivity contribution is 7.89. The van der Waals surface area contributed by atoms with Crippen molar-refractivity contribution in [2.24, 2.45) is 13.0 Å². The van der Waals surface area contributed by atoms with E-state index in [1.165, 1.54) is 14.9 Å². The fraction of sp³-hybridized carbons (Fsp3) is 0.350. The first-order valence-corrected chi connectivity index (χ1v) is 11.1. The van der Waals surface area contributed by atoms with Gasteiger partial charge in [0.15, 0.2) is 0 Å². The van der Waals surface area contributed by atoms with E-state index in [0.29, 0.717) is 30.6 Å². The minimum absolute atomic E-state index is 0.0859. The highest BCUT2D eigenvalue weighted by Gasteiger charge is 2.34. The van der Waals surface area contributed by atoms with E-state index in [2.05, 4.69) is 15.5 Å². The van der Waals surface area contributed by atoms with Gasteiger partial charge in [-0.25, -0.2) is 8.42 Å². The molecule has 1 unspecified atom stereocenters.